The first kappa shape index (κ1) is 16.5. The van der Waals surface area contributed by atoms with Gasteiger partial charge in [-0.1, -0.05) is 20.8 Å². The standard InChI is InChI=1S/C15H27N3O2S/c1-5-16-9-14-8-15(11-17(14)4)21(19,20)18-7-6-13(10-18)12(2)3/h8,11-13,16H,5-7,9-10H2,1-4H3. The summed E-state index contributed by atoms with van der Waals surface area (Å²) < 4.78 is 29.0. The second-order valence-electron chi connectivity index (χ2n) is 6.21. The largest absolute Gasteiger partial charge is 0.352 e. The lowest BCUT2D eigenvalue weighted by atomic mass is 9.96. The van der Waals surface area contributed by atoms with E-state index >= 15 is 0 Å². The van der Waals surface area contributed by atoms with E-state index in [1.54, 1.807) is 16.6 Å². The van der Waals surface area contributed by atoms with Gasteiger partial charge in [0.1, 0.15) is 4.90 Å². The molecule has 0 aliphatic carbocycles. The van der Waals surface area contributed by atoms with Crippen molar-refractivity contribution < 1.29 is 8.42 Å². The summed E-state index contributed by atoms with van der Waals surface area (Å²) in [5.41, 5.74) is 0.995. The summed E-state index contributed by atoms with van der Waals surface area (Å²) in [7, 11) is -1.45. The van der Waals surface area contributed by atoms with E-state index in [0.717, 1.165) is 18.7 Å². The quantitative estimate of drug-likeness (QED) is 0.871. The van der Waals surface area contributed by atoms with Crippen molar-refractivity contribution in [3.63, 3.8) is 0 Å². The van der Waals surface area contributed by atoms with Crippen LogP contribution in [0.5, 0.6) is 0 Å². The van der Waals surface area contributed by atoms with Crippen LogP contribution in [-0.4, -0.2) is 36.9 Å². The number of nitrogens with one attached hydrogen (secondary N) is 1. The van der Waals surface area contributed by atoms with E-state index in [2.05, 4.69) is 19.2 Å². The van der Waals surface area contributed by atoms with Gasteiger partial charge in [0.15, 0.2) is 0 Å². The molecule has 1 aromatic rings. The Hall–Kier alpha value is -0.850. The zero-order valence-corrected chi connectivity index (χ0v) is 14.3. The Bertz CT molecular complexity index is 578. The Morgan fingerprint density at radius 3 is 2.71 bits per heavy atom. The highest BCUT2D eigenvalue weighted by Crippen LogP contribution is 2.29. The first-order valence-electron chi connectivity index (χ1n) is 7.72. The van der Waals surface area contributed by atoms with Crippen LogP contribution in [0.4, 0.5) is 0 Å². The maximum absolute atomic E-state index is 12.7. The van der Waals surface area contributed by atoms with Gasteiger partial charge < -0.3 is 9.88 Å². The zero-order chi connectivity index (χ0) is 15.6. The molecule has 21 heavy (non-hydrogen) atoms. The summed E-state index contributed by atoms with van der Waals surface area (Å²) in [6.45, 7) is 9.22. The Labute approximate surface area is 128 Å². The Morgan fingerprint density at radius 1 is 1.43 bits per heavy atom. The van der Waals surface area contributed by atoms with Crippen LogP contribution in [0.2, 0.25) is 0 Å². The van der Waals surface area contributed by atoms with Crippen molar-refractivity contribution in [3.05, 3.63) is 18.0 Å². The van der Waals surface area contributed by atoms with E-state index in [1.807, 2.05) is 18.5 Å². The van der Waals surface area contributed by atoms with Crippen molar-refractivity contribution in [2.75, 3.05) is 19.6 Å². The van der Waals surface area contributed by atoms with Crippen LogP contribution in [0.25, 0.3) is 0 Å². The maximum atomic E-state index is 12.7. The molecule has 0 saturated carbocycles. The van der Waals surface area contributed by atoms with Crippen molar-refractivity contribution in [3.8, 4) is 0 Å². The minimum atomic E-state index is -3.35. The van der Waals surface area contributed by atoms with Crippen LogP contribution >= 0.6 is 0 Å². The van der Waals surface area contributed by atoms with Gasteiger partial charge in [0.25, 0.3) is 0 Å². The molecular weight excluding hydrogens is 286 g/mol. The van der Waals surface area contributed by atoms with Gasteiger partial charge in [-0.3, -0.25) is 0 Å². The van der Waals surface area contributed by atoms with Crippen molar-refractivity contribution in [2.24, 2.45) is 18.9 Å². The van der Waals surface area contributed by atoms with E-state index in [9.17, 15) is 8.42 Å². The number of nitrogens with zero attached hydrogens (tertiary/aromatic N) is 2. The number of sulfonamides is 1. The van der Waals surface area contributed by atoms with Crippen molar-refractivity contribution in [1.82, 2.24) is 14.2 Å². The van der Waals surface area contributed by atoms with Gasteiger partial charge in [0.05, 0.1) is 0 Å². The summed E-state index contributed by atoms with van der Waals surface area (Å²) in [5, 5.41) is 3.23. The minimum absolute atomic E-state index is 0.419. The third-order valence-corrected chi connectivity index (χ3v) is 6.24. The molecule has 1 saturated heterocycles. The highest BCUT2D eigenvalue weighted by atomic mass is 32.2. The molecule has 0 spiro atoms. The van der Waals surface area contributed by atoms with Gasteiger partial charge in [0.2, 0.25) is 10.0 Å². The lowest BCUT2D eigenvalue weighted by molar-refractivity contribution is 0.388. The average molecular weight is 313 g/mol. The molecule has 1 atom stereocenters. The van der Waals surface area contributed by atoms with Gasteiger partial charge in [-0.2, -0.15) is 4.31 Å². The number of hydrogen-bond donors (Lipinski definition) is 1. The Kier molecular flexibility index (Phi) is 5.11. The first-order chi connectivity index (χ1) is 9.86. The molecule has 0 aromatic carbocycles. The van der Waals surface area contributed by atoms with Crippen LogP contribution in [0, 0.1) is 11.8 Å². The molecule has 5 nitrogen and oxygen atoms in total. The molecule has 1 aliphatic heterocycles. The number of aryl methyl sites for hydroxylation is 1. The van der Waals surface area contributed by atoms with Crippen LogP contribution in [0.15, 0.2) is 17.2 Å². The van der Waals surface area contributed by atoms with Gasteiger partial charge in [-0.05, 0) is 30.9 Å². The van der Waals surface area contributed by atoms with E-state index in [0.29, 0.717) is 36.4 Å². The summed E-state index contributed by atoms with van der Waals surface area (Å²) in [4.78, 5) is 0.419. The molecule has 1 unspecified atom stereocenters. The molecule has 0 bridgehead atoms. The fourth-order valence-corrected chi connectivity index (χ4v) is 4.42. The van der Waals surface area contributed by atoms with Crippen LogP contribution in [0.1, 0.15) is 32.9 Å². The fraction of sp³-hybridized carbons (Fsp3) is 0.733. The molecule has 2 heterocycles. The molecule has 0 radical (unpaired) electrons. The lowest BCUT2D eigenvalue weighted by Gasteiger charge is -2.17. The molecule has 1 aromatic heterocycles. The summed E-state index contributed by atoms with van der Waals surface area (Å²) >= 11 is 0. The minimum Gasteiger partial charge on any atom is -0.352 e. The number of hydrogen-bond acceptors (Lipinski definition) is 3. The van der Waals surface area contributed by atoms with E-state index in [-0.39, 0.29) is 0 Å². The second kappa shape index (κ2) is 6.50. The fourth-order valence-electron chi connectivity index (χ4n) is 2.81. The summed E-state index contributed by atoms with van der Waals surface area (Å²) in [6, 6.07) is 1.79. The summed E-state index contributed by atoms with van der Waals surface area (Å²) in [6.07, 6.45) is 2.69. The van der Waals surface area contributed by atoms with Crippen LogP contribution in [0.3, 0.4) is 0 Å². The Morgan fingerprint density at radius 2 is 2.14 bits per heavy atom. The summed E-state index contributed by atoms with van der Waals surface area (Å²) in [5.74, 6) is 1.01. The monoisotopic (exact) mass is 313 g/mol. The molecule has 1 fully saturated rings. The predicted molar refractivity (Wildman–Crippen MR) is 84.5 cm³/mol. The lowest BCUT2D eigenvalue weighted by Crippen LogP contribution is -2.29. The molecule has 2 rings (SSSR count). The molecule has 0 amide bonds. The Balaban J connectivity index is 2.17. The van der Waals surface area contributed by atoms with Gasteiger partial charge in [-0.15, -0.1) is 0 Å². The van der Waals surface area contributed by atoms with Gasteiger partial charge in [0, 0.05) is 38.6 Å². The average Bonchev–Trinajstić information content (AvgIpc) is 3.03. The highest BCUT2D eigenvalue weighted by Gasteiger charge is 2.34. The van der Waals surface area contributed by atoms with Crippen LogP contribution < -0.4 is 5.32 Å². The van der Waals surface area contributed by atoms with Crippen molar-refractivity contribution in [2.45, 2.75) is 38.6 Å². The van der Waals surface area contributed by atoms with E-state index in [4.69, 9.17) is 0 Å². The smallest absolute Gasteiger partial charge is 0.244 e. The molecular formula is C15H27N3O2S. The highest BCUT2D eigenvalue weighted by molar-refractivity contribution is 7.89. The van der Waals surface area contributed by atoms with Crippen molar-refractivity contribution in [1.29, 1.82) is 0 Å². The topological polar surface area (TPSA) is 54.3 Å². The second-order valence-corrected chi connectivity index (χ2v) is 8.15. The van der Waals surface area contributed by atoms with Crippen LogP contribution in [-0.2, 0) is 23.6 Å². The van der Waals surface area contributed by atoms with Gasteiger partial charge in [-0.25, -0.2) is 8.42 Å². The third-order valence-electron chi connectivity index (χ3n) is 4.41. The molecule has 1 N–H and O–H groups in total. The van der Waals surface area contributed by atoms with Gasteiger partial charge >= 0.3 is 0 Å². The maximum Gasteiger partial charge on any atom is 0.244 e. The molecule has 120 valence electrons. The molecule has 6 heteroatoms. The van der Waals surface area contributed by atoms with E-state index < -0.39 is 10.0 Å². The predicted octanol–water partition coefficient (Wildman–Crippen LogP) is 1.80. The third kappa shape index (κ3) is 3.49. The van der Waals surface area contributed by atoms with Crippen molar-refractivity contribution >= 4 is 10.0 Å². The SMILES string of the molecule is CCNCc1cc(S(=O)(=O)N2CCC(C(C)C)C2)cn1C. The normalized spacial score (nSPS) is 20.5. The first-order valence-corrected chi connectivity index (χ1v) is 9.16. The molecule has 1 aliphatic rings. The number of aromatic nitrogens is 1. The van der Waals surface area contributed by atoms with E-state index in [1.165, 1.54) is 0 Å². The zero-order valence-electron chi connectivity index (χ0n) is 13.5. The number of rotatable bonds is 6.